The van der Waals surface area contributed by atoms with E-state index in [0.29, 0.717) is 5.56 Å². The van der Waals surface area contributed by atoms with Crippen LogP contribution in [0.2, 0.25) is 0 Å². The molecule has 2 rings (SSSR count). The normalized spacial score (nSPS) is 11.2. The van der Waals surface area contributed by atoms with Crippen LogP contribution in [-0.4, -0.2) is 41.6 Å². The molecule has 1 N–H and O–H groups in total. The van der Waals surface area contributed by atoms with Gasteiger partial charge in [0.05, 0.1) is 10.5 Å². The molecule has 0 bridgehead atoms. The number of ether oxygens (including phenoxy) is 1. The van der Waals surface area contributed by atoms with Crippen molar-refractivity contribution in [2.45, 2.75) is 11.8 Å². The van der Waals surface area contributed by atoms with Gasteiger partial charge in [0.2, 0.25) is 10.0 Å². The third-order valence-electron chi connectivity index (χ3n) is 3.58. The van der Waals surface area contributed by atoms with Gasteiger partial charge in [-0.1, -0.05) is 17.7 Å². The van der Waals surface area contributed by atoms with Crippen LogP contribution in [0.25, 0.3) is 0 Å². The number of nitrogens with zero attached hydrogens (tertiary/aromatic N) is 1. The highest BCUT2D eigenvalue weighted by molar-refractivity contribution is 7.89. The molecule has 25 heavy (non-hydrogen) atoms. The van der Waals surface area contributed by atoms with Crippen LogP contribution < -0.4 is 9.62 Å². The first kappa shape index (κ1) is 19.0. The number of rotatable bonds is 7. The molecule has 0 saturated heterocycles. The third kappa shape index (κ3) is 5.30. The Morgan fingerprint density at radius 2 is 1.64 bits per heavy atom. The lowest BCUT2D eigenvalue weighted by Gasteiger charge is -2.12. The number of aryl methyl sites for hydroxylation is 1. The average Bonchev–Trinajstić information content (AvgIpc) is 2.59. The molecule has 0 atom stereocenters. The lowest BCUT2D eigenvalue weighted by Crippen LogP contribution is -2.28. The zero-order valence-electron chi connectivity index (χ0n) is 14.5. The Balaban J connectivity index is 1.84. The standard InChI is InChI=1S/C18H22N2O4S/c1-14-4-10-17(11-5-14)25(22,23)19-12-13-24-18(21)15-6-8-16(9-7-15)20(2)3/h4-11,19H,12-13H2,1-3H3. The second kappa shape index (κ2) is 8.13. The van der Waals surface area contributed by atoms with E-state index >= 15 is 0 Å². The van der Waals surface area contributed by atoms with Crippen LogP contribution in [0, 0.1) is 6.92 Å². The first-order valence-electron chi connectivity index (χ1n) is 7.80. The van der Waals surface area contributed by atoms with Crippen LogP contribution in [0.15, 0.2) is 53.4 Å². The maximum Gasteiger partial charge on any atom is 0.338 e. The molecule has 7 heteroatoms. The van der Waals surface area contributed by atoms with E-state index in [-0.39, 0.29) is 18.0 Å². The molecule has 0 aromatic heterocycles. The second-order valence-electron chi connectivity index (χ2n) is 5.79. The number of hydrogen-bond acceptors (Lipinski definition) is 5. The molecule has 0 aliphatic heterocycles. The first-order valence-corrected chi connectivity index (χ1v) is 9.29. The van der Waals surface area contributed by atoms with Gasteiger partial charge in [-0.05, 0) is 43.3 Å². The van der Waals surface area contributed by atoms with E-state index in [9.17, 15) is 13.2 Å². The fraction of sp³-hybridized carbons (Fsp3) is 0.278. The molecule has 0 fully saturated rings. The molecule has 0 amide bonds. The van der Waals surface area contributed by atoms with Crippen LogP contribution in [0.1, 0.15) is 15.9 Å². The van der Waals surface area contributed by atoms with Gasteiger partial charge < -0.3 is 9.64 Å². The second-order valence-corrected chi connectivity index (χ2v) is 7.56. The van der Waals surface area contributed by atoms with Crippen molar-refractivity contribution >= 4 is 21.7 Å². The minimum atomic E-state index is -3.60. The lowest BCUT2D eigenvalue weighted by atomic mass is 10.2. The Morgan fingerprint density at radius 3 is 2.20 bits per heavy atom. The third-order valence-corrected chi connectivity index (χ3v) is 5.05. The average molecular weight is 362 g/mol. The zero-order chi connectivity index (χ0) is 18.4. The van der Waals surface area contributed by atoms with Crippen molar-refractivity contribution in [3.8, 4) is 0 Å². The highest BCUT2D eigenvalue weighted by Crippen LogP contribution is 2.13. The fourth-order valence-corrected chi connectivity index (χ4v) is 3.11. The SMILES string of the molecule is Cc1ccc(S(=O)(=O)NCCOC(=O)c2ccc(N(C)C)cc2)cc1. The number of benzene rings is 2. The summed E-state index contributed by atoms with van der Waals surface area (Å²) in [4.78, 5) is 14.1. The number of carbonyl (C=O) groups excluding carboxylic acids is 1. The number of sulfonamides is 1. The molecule has 0 aliphatic rings. The predicted molar refractivity (Wildman–Crippen MR) is 97.4 cm³/mol. The van der Waals surface area contributed by atoms with E-state index < -0.39 is 16.0 Å². The summed E-state index contributed by atoms with van der Waals surface area (Å²) in [5, 5.41) is 0. The van der Waals surface area contributed by atoms with Gasteiger partial charge in [-0.3, -0.25) is 0 Å². The fourth-order valence-electron chi connectivity index (χ4n) is 2.10. The summed E-state index contributed by atoms with van der Waals surface area (Å²) < 4.78 is 31.7. The highest BCUT2D eigenvalue weighted by atomic mass is 32.2. The molecular formula is C18H22N2O4S. The van der Waals surface area contributed by atoms with Crippen LogP contribution in [0.4, 0.5) is 5.69 Å². The van der Waals surface area contributed by atoms with Crippen molar-refractivity contribution in [2.75, 3.05) is 32.1 Å². The van der Waals surface area contributed by atoms with Crippen LogP contribution in [0.3, 0.4) is 0 Å². The van der Waals surface area contributed by atoms with Gasteiger partial charge in [0.15, 0.2) is 0 Å². The quantitative estimate of drug-likeness (QED) is 0.604. The monoisotopic (exact) mass is 362 g/mol. The van der Waals surface area contributed by atoms with E-state index in [1.807, 2.05) is 38.1 Å². The Morgan fingerprint density at radius 1 is 1.04 bits per heavy atom. The maximum absolute atomic E-state index is 12.1. The number of nitrogens with one attached hydrogen (secondary N) is 1. The lowest BCUT2D eigenvalue weighted by molar-refractivity contribution is 0.0513. The summed E-state index contributed by atoms with van der Waals surface area (Å²) in [5.41, 5.74) is 2.38. The van der Waals surface area contributed by atoms with Gasteiger partial charge in [-0.15, -0.1) is 0 Å². The van der Waals surface area contributed by atoms with E-state index in [2.05, 4.69) is 4.72 Å². The smallest absolute Gasteiger partial charge is 0.338 e. The van der Waals surface area contributed by atoms with Crippen molar-refractivity contribution in [1.29, 1.82) is 0 Å². The van der Waals surface area contributed by atoms with Crippen LogP contribution in [-0.2, 0) is 14.8 Å². The van der Waals surface area contributed by atoms with Gasteiger partial charge >= 0.3 is 5.97 Å². The number of hydrogen-bond donors (Lipinski definition) is 1. The molecule has 2 aromatic carbocycles. The highest BCUT2D eigenvalue weighted by Gasteiger charge is 2.13. The molecule has 0 aliphatic carbocycles. The van der Waals surface area contributed by atoms with Gasteiger partial charge in [0.25, 0.3) is 0 Å². The maximum atomic E-state index is 12.1. The summed E-state index contributed by atoms with van der Waals surface area (Å²) in [6.07, 6.45) is 0. The largest absolute Gasteiger partial charge is 0.461 e. The summed E-state index contributed by atoms with van der Waals surface area (Å²) in [6, 6.07) is 13.5. The molecule has 2 aromatic rings. The molecule has 0 spiro atoms. The van der Waals surface area contributed by atoms with Crippen molar-refractivity contribution in [2.24, 2.45) is 0 Å². The van der Waals surface area contributed by atoms with E-state index in [4.69, 9.17) is 4.74 Å². The van der Waals surface area contributed by atoms with Crippen molar-refractivity contribution < 1.29 is 17.9 Å². The Hall–Kier alpha value is -2.38. The van der Waals surface area contributed by atoms with Crippen LogP contribution >= 0.6 is 0 Å². The molecular weight excluding hydrogens is 340 g/mol. The molecule has 0 heterocycles. The number of anilines is 1. The number of esters is 1. The van der Waals surface area contributed by atoms with Crippen molar-refractivity contribution in [3.05, 3.63) is 59.7 Å². The van der Waals surface area contributed by atoms with Gasteiger partial charge in [-0.25, -0.2) is 17.9 Å². The minimum Gasteiger partial charge on any atom is -0.461 e. The van der Waals surface area contributed by atoms with Crippen LogP contribution in [0.5, 0.6) is 0 Å². The Bertz CT molecular complexity index is 813. The first-order chi connectivity index (χ1) is 11.8. The molecule has 134 valence electrons. The van der Waals surface area contributed by atoms with Gasteiger partial charge in [0.1, 0.15) is 6.61 Å². The molecule has 0 saturated carbocycles. The van der Waals surface area contributed by atoms with E-state index in [1.165, 1.54) is 12.1 Å². The van der Waals surface area contributed by atoms with E-state index in [0.717, 1.165) is 11.3 Å². The summed E-state index contributed by atoms with van der Waals surface area (Å²) in [7, 11) is 0.219. The van der Waals surface area contributed by atoms with Crippen molar-refractivity contribution in [1.82, 2.24) is 4.72 Å². The molecule has 6 nitrogen and oxygen atoms in total. The summed E-state index contributed by atoms with van der Waals surface area (Å²) in [6.45, 7) is 1.85. The summed E-state index contributed by atoms with van der Waals surface area (Å²) >= 11 is 0. The van der Waals surface area contributed by atoms with E-state index in [1.54, 1.807) is 24.3 Å². The number of carbonyl (C=O) groups is 1. The Kier molecular flexibility index (Phi) is 6.17. The zero-order valence-corrected chi connectivity index (χ0v) is 15.3. The summed E-state index contributed by atoms with van der Waals surface area (Å²) in [5.74, 6) is -0.486. The molecule has 0 unspecified atom stereocenters. The van der Waals surface area contributed by atoms with Crippen molar-refractivity contribution in [3.63, 3.8) is 0 Å². The topological polar surface area (TPSA) is 75.7 Å². The predicted octanol–water partition coefficient (Wildman–Crippen LogP) is 2.20. The minimum absolute atomic E-state index is 0.0116. The molecule has 0 radical (unpaired) electrons. The van der Waals surface area contributed by atoms with Gasteiger partial charge in [-0.2, -0.15) is 0 Å². The Labute approximate surface area is 148 Å². The van der Waals surface area contributed by atoms with Gasteiger partial charge in [0, 0.05) is 26.3 Å².